The van der Waals surface area contributed by atoms with Gasteiger partial charge >= 0.3 is 6.03 Å². The van der Waals surface area contributed by atoms with E-state index < -0.39 is 0 Å². The standard InChI is InChI=1S/C12H24N2O2/c1-9(6-7-15)8-13-12(16)14-11-5-3-4-10(11)2/h9-11,15H,3-8H2,1-2H3,(H2,13,14,16). The Hall–Kier alpha value is -0.770. The number of hydrogen-bond donors (Lipinski definition) is 3. The van der Waals surface area contributed by atoms with Crippen LogP contribution in [0.4, 0.5) is 4.79 Å². The molecule has 1 fully saturated rings. The number of aliphatic hydroxyl groups is 1. The molecule has 0 aromatic carbocycles. The lowest BCUT2D eigenvalue weighted by Crippen LogP contribution is -2.44. The molecule has 0 radical (unpaired) electrons. The number of hydrogen-bond acceptors (Lipinski definition) is 2. The van der Waals surface area contributed by atoms with E-state index in [1.54, 1.807) is 0 Å². The number of aliphatic hydroxyl groups excluding tert-OH is 1. The van der Waals surface area contributed by atoms with Crippen LogP contribution in [0.2, 0.25) is 0 Å². The second kappa shape index (κ2) is 6.74. The summed E-state index contributed by atoms with van der Waals surface area (Å²) in [6.45, 7) is 5.03. The number of urea groups is 1. The van der Waals surface area contributed by atoms with E-state index in [9.17, 15) is 4.79 Å². The Morgan fingerprint density at radius 3 is 2.81 bits per heavy atom. The molecule has 4 heteroatoms. The van der Waals surface area contributed by atoms with Crippen LogP contribution >= 0.6 is 0 Å². The van der Waals surface area contributed by atoms with Gasteiger partial charge in [-0.2, -0.15) is 0 Å². The van der Waals surface area contributed by atoms with E-state index in [0.717, 1.165) is 12.8 Å². The van der Waals surface area contributed by atoms with Crippen molar-refractivity contribution in [2.45, 2.75) is 45.6 Å². The fourth-order valence-corrected chi connectivity index (χ4v) is 2.17. The van der Waals surface area contributed by atoms with Gasteiger partial charge in [0.15, 0.2) is 0 Å². The average molecular weight is 228 g/mol. The lowest BCUT2D eigenvalue weighted by atomic mass is 10.1. The Morgan fingerprint density at radius 2 is 2.25 bits per heavy atom. The summed E-state index contributed by atoms with van der Waals surface area (Å²) in [5.41, 5.74) is 0. The molecule has 0 heterocycles. The summed E-state index contributed by atoms with van der Waals surface area (Å²) in [5.74, 6) is 0.928. The van der Waals surface area contributed by atoms with E-state index in [-0.39, 0.29) is 12.6 Å². The van der Waals surface area contributed by atoms with Gasteiger partial charge in [-0.3, -0.25) is 0 Å². The molecule has 1 saturated carbocycles. The van der Waals surface area contributed by atoms with Crippen molar-refractivity contribution in [1.29, 1.82) is 0 Å². The topological polar surface area (TPSA) is 61.4 Å². The smallest absolute Gasteiger partial charge is 0.315 e. The third kappa shape index (κ3) is 4.39. The lowest BCUT2D eigenvalue weighted by Gasteiger charge is -2.18. The summed E-state index contributed by atoms with van der Waals surface area (Å²) in [6, 6.07) is 0.275. The van der Waals surface area contributed by atoms with E-state index in [4.69, 9.17) is 5.11 Å². The van der Waals surface area contributed by atoms with Crippen molar-refractivity contribution in [3.05, 3.63) is 0 Å². The molecule has 3 atom stereocenters. The van der Waals surface area contributed by atoms with Crippen LogP contribution in [0.15, 0.2) is 0 Å². The quantitative estimate of drug-likeness (QED) is 0.667. The van der Waals surface area contributed by atoms with E-state index in [1.165, 1.54) is 12.8 Å². The molecule has 1 aliphatic rings. The summed E-state index contributed by atoms with van der Waals surface area (Å²) in [4.78, 5) is 11.6. The summed E-state index contributed by atoms with van der Waals surface area (Å²) in [7, 11) is 0. The largest absolute Gasteiger partial charge is 0.396 e. The second-order valence-electron chi connectivity index (χ2n) is 4.99. The Bertz CT molecular complexity index is 221. The molecular formula is C12H24N2O2. The van der Waals surface area contributed by atoms with Gasteiger partial charge in [0.05, 0.1) is 0 Å². The highest BCUT2D eigenvalue weighted by Gasteiger charge is 2.24. The molecule has 0 saturated heterocycles. The maximum atomic E-state index is 11.6. The summed E-state index contributed by atoms with van der Waals surface area (Å²) >= 11 is 0. The molecule has 0 bridgehead atoms. The van der Waals surface area contributed by atoms with Crippen molar-refractivity contribution in [3.63, 3.8) is 0 Å². The van der Waals surface area contributed by atoms with Crippen LogP contribution in [0.3, 0.4) is 0 Å². The predicted octanol–water partition coefficient (Wildman–Crippen LogP) is 1.49. The third-order valence-corrected chi connectivity index (χ3v) is 3.41. The van der Waals surface area contributed by atoms with Crippen molar-refractivity contribution in [2.24, 2.45) is 11.8 Å². The monoisotopic (exact) mass is 228 g/mol. The number of carbonyl (C=O) groups is 1. The fraction of sp³-hybridized carbons (Fsp3) is 0.917. The zero-order valence-corrected chi connectivity index (χ0v) is 10.3. The van der Waals surface area contributed by atoms with Gasteiger partial charge in [-0.25, -0.2) is 4.79 Å². The first-order chi connectivity index (χ1) is 7.63. The van der Waals surface area contributed by atoms with E-state index in [0.29, 0.717) is 24.4 Å². The van der Waals surface area contributed by atoms with E-state index in [2.05, 4.69) is 17.6 Å². The molecule has 1 aliphatic carbocycles. The molecule has 94 valence electrons. The summed E-state index contributed by atoms with van der Waals surface area (Å²) < 4.78 is 0. The molecule has 0 aliphatic heterocycles. The van der Waals surface area contributed by atoms with Crippen molar-refractivity contribution in [1.82, 2.24) is 10.6 Å². The first-order valence-electron chi connectivity index (χ1n) is 6.28. The molecule has 2 amide bonds. The zero-order valence-electron chi connectivity index (χ0n) is 10.3. The van der Waals surface area contributed by atoms with Gasteiger partial charge in [0.1, 0.15) is 0 Å². The highest BCUT2D eigenvalue weighted by molar-refractivity contribution is 5.74. The minimum Gasteiger partial charge on any atom is -0.396 e. The summed E-state index contributed by atoms with van der Waals surface area (Å²) in [5, 5.41) is 14.6. The zero-order chi connectivity index (χ0) is 12.0. The minimum atomic E-state index is -0.0662. The summed E-state index contributed by atoms with van der Waals surface area (Å²) in [6.07, 6.45) is 4.26. The first-order valence-corrected chi connectivity index (χ1v) is 6.28. The van der Waals surface area contributed by atoms with Gasteiger partial charge < -0.3 is 15.7 Å². The Balaban J connectivity index is 2.15. The van der Waals surface area contributed by atoms with Gasteiger partial charge in [0, 0.05) is 19.2 Å². The lowest BCUT2D eigenvalue weighted by molar-refractivity contribution is 0.228. The van der Waals surface area contributed by atoms with Crippen LogP contribution < -0.4 is 10.6 Å². The molecule has 0 spiro atoms. The van der Waals surface area contributed by atoms with E-state index >= 15 is 0 Å². The normalized spacial score (nSPS) is 26.4. The molecule has 4 nitrogen and oxygen atoms in total. The molecule has 0 aromatic heterocycles. The van der Waals surface area contributed by atoms with Crippen molar-refractivity contribution in [2.75, 3.05) is 13.2 Å². The van der Waals surface area contributed by atoms with Crippen molar-refractivity contribution >= 4 is 6.03 Å². The molecule has 3 unspecified atom stereocenters. The van der Waals surface area contributed by atoms with Crippen LogP contribution in [0, 0.1) is 11.8 Å². The Labute approximate surface area is 97.8 Å². The number of carbonyl (C=O) groups excluding carboxylic acids is 1. The minimum absolute atomic E-state index is 0.0662. The van der Waals surface area contributed by atoms with Gasteiger partial charge in [-0.05, 0) is 31.1 Å². The number of rotatable bonds is 5. The molecule has 0 aromatic rings. The predicted molar refractivity (Wildman–Crippen MR) is 64.2 cm³/mol. The third-order valence-electron chi connectivity index (χ3n) is 3.41. The first kappa shape index (κ1) is 13.3. The van der Waals surface area contributed by atoms with Crippen LogP contribution in [0.25, 0.3) is 0 Å². The molecule has 1 rings (SSSR count). The highest BCUT2D eigenvalue weighted by Crippen LogP contribution is 2.24. The van der Waals surface area contributed by atoms with Gasteiger partial charge in [0.25, 0.3) is 0 Å². The maximum Gasteiger partial charge on any atom is 0.315 e. The van der Waals surface area contributed by atoms with Gasteiger partial charge in [-0.1, -0.05) is 20.3 Å². The Morgan fingerprint density at radius 1 is 1.50 bits per heavy atom. The van der Waals surface area contributed by atoms with E-state index in [1.807, 2.05) is 6.92 Å². The van der Waals surface area contributed by atoms with Crippen LogP contribution in [-0.4, -0.2) is 30.3 Å². The maximum absolute atomic E-state index is 11.6. The SMILES string of the molecule is CC(CCO)CNC(=O)NC1CCCC1C. The molecule has 3 N–H and O–H groups in total. The molecule has 16 heavy (non-hydrogen) atoms. The van der Waals surface area contributed by atoms with Crippen molar-refractivity contribution in [3.8, 4) is 0 Å². The molecular weight excluding hydrogens is 204 g/mol. The van der Waals surface area contributed by atoms with Gasteiger partial charge in [0.2, 0.25) is 0 Å². The highest BCUT2D eigenvalue weighted by atomic mass is 16.3. The van der Waals surface area contributed by atoms with Gasteiger partial charge in [-0.15, -0.1) is 0 Å². The fourth-order valence-electron chi connectivity index (χ4n) is 2.17. The number of amides is 2. The number of nitrogens with one attached hydrogen (secondary N) is 2. The average Bonchev–Trinajstić information content (AvgIpc) is 2.62. The van der Waals surface area contributed by atoms with Crippen LogP contribution in [0.1, 0.15) is 39.5 Å². The second-order valence-corrected chi connectivity index (χ2v) is 4.99. The Kier molecular flexibility index (Phi) is 5.60. The van der Waals surface area contributed by atoms with Crippen LogP contribution in [-0.2, 0) is 0 Å². The van der Waals surface area contributed by atoms with Crippen molar-refractivity contribution < 1.29 is 9.90 Å². The van der Waals surface area contributed by atoms with Crippen LogP contribution in [0.5, 0.6) is 0 Å².